The third kappa shape index (κ3) is 16.5. The second-order valence-corrected chi connectivity index (χ2v) is 32.0. The highest BCUT2D eigenvalue weighted by molar-refractivity contribution is 6.20. The van der Waals surface area contributed by atoms with Crippen molar-refractivity contribution < 1.29 is 160 Å². The fourth-order valence-electron chi connectivity index (χ4n) is 18.2. The van der Waals surface area contributed by atoms with E-state index in [9.17, 15) is 79.2 Å². The average Bonchev–Trinajstić information content (AvgIpc) is 1.67. The maximum atomic E-state index is 13.4. The summed E-state index contributed by atoms with van der Waals surface area (Å²) in [7, 11) is 0. The molecule has 0 saturated carbocycles. The number of fused-ring (bicyclic) bond motifs is 12. The van der Waals surface area contributed by atoms with Crippen LogP contribution >= 0.6 is 0 Å². The van der Waals surface area contributed by atoms with Crippen molar-refractivity contribution in [1.29, 1.82) is 0 Å². The second-order valence-electron chi connectivity index (χ2n) is 32.0. The minimum Gasteiger partial charge on any atom is -0.460 e. The van der Waals surface area contributed by atoms with Crippen LogP contribution < -0.4 is 59.0 Å². The maximum absolute atomic E-state index is 13.4. The monoisotopic (exact) mass is 1840 g/mol. The molecule has 0 aliphatic carbocycles. The van der Waals surface area contributed by atoms with Gasteiger partial charge in [-0.3, -0.25) is 19.2 Å². The Morgan fingerprint density at radius 3 is 1.04 bits per heavy atom. The molecule has 12 N–H and O–H groups in total. The van der Waals surface area contributed by atoms with Gasteiger partial charge < -0.3 is 138 Å². The molecular formula is C99H83N3O33. The zero-order chi connectivity index (χ0) is 94.6. The maximum Gasteiger partial charge on any atom is 0.339 e. The minimum absolute atomic E-state index is 0.0213. The van der Waals surface area contributed by atoms with Gasteiger partial charge in [-0.1, -0.05) is 30.7 Å². The fraction of sp³-hybridized carbons (Fsp3) is 0.253. The van der Waals surface area contributed by atoms with Crippen LogP contribution in [-0.4, -0.2) is 147 Å². The SMILES string of the molecule is C#CNc1c2c(c(-c3ccc4c(c3)OCO4)c3cc(CO)c(CO)cc13)C(=O)OC2.CC(=O)Nc1c2c(c(-c3ccc4c(c3)OCO4)c3cc(CO)c(CO)cc13)C(=O)OC2.CC(=O)O[C@H]1[C@H](OC(C)=O)COC(Oc2c3c(c(-c4ccc5c(c4)OCO5)c4cc(CO)c(CO)cc24)C(=O)OC3)[C@@H]1OC(C)=O.Nc1c2c(c(-c3ccc4c(c3)OCO4)c3cc(CO)c(CO)cc13)C(=O)OC2. The summed E-state index contributed by atoms with van der Waals surface area (Å²) < 4.78 is 93.8. The average molecular weight is 1840 g/mol. The number of nitrogens with one attached hydrogen (secondary N) is 2. The largest absolute Gasteiger partial charge is 0.460 e. The van der Waals surface area contributed by atoms with E-state index in [4.69, 9.17) is 92.7 Å². The Hall–Kier alpha value is -15.6. The molecule has 9 aliphatic rings. The standard InChI is InChI=1S/C32H30O14.C23H19NO7.C23H17NO6.C21H17NO6/c1-14(35)43-25-12-40-32(30(45-16(3)37)29(25)44-15(2)36)46-28-21-7-19(10-34)18(9-33)6-20(21)26(27-22(28)11-39-31(27)38)17-4-5-23-24(8-17)42-13-41-23;1-11(27)24-22-16-5-14(8-26)13(7-25)4-15(16)20(21-17(22)9-29-23(21)28)12-2-3-18-19(6-12)31-10-30-18;1-2-24-22-16-6-14(9-26)13(8-25)5-15(16)20(21-17(22)10-28-23(21)27)12-3-4-18-19(7-12)30-11-29-18;22-20-14-4-12(7-24)11(6-23)3-13(14)18(19-15(20)8-26-21(19)25)10-1-2-16-17(5-10)28-9-27-16/h4-8,25,29-30,32-34H,9-13H2,1-3H3;2-6,25-26H,7-10H2,1H3,(H,24,27);1,3-7,24-26H,8-11H2;1-5,23-24H,6-9,22H2/t25-,29+,30-,32?;;;/m1.../s1. The van der Waals surface area contributed by atoms with E-state index >= 15 is 0 Å². The number of nitrogens with two attached hydrogens (primary N) is 1. The van der Waals surface area contributed by atoms with Crippen molar-refractivity contribution in [3.05, 3.63) is 210 Å². The Morgan fingerprint density at radius 2 is 0.667 bits per heavy atom. The first-order chi connectivity index (χ1) is 65.4. The lowest BCUT2D eigenvalue weighted by Crippen LogP contribution is -2.59. The van der Waals surface area contributed by atoms with Gasteiger partial charge in [0.1, 0.15) is 32.2 Å². The third-order valence-corrected chi connectivity index (χ3v) is 24.2. The van der Waals surface area contributed by atoms with Crippen molar-refractivity contribution in [2.45, 2.75) is 132 Å². The van der Waals surface area contributed by atoms with Gasteiger partial charge in [-0.05, 0) is 185 Å². The molecule has 0 spiro atoms. The highest BCUT2D eigenvalue weighted by Crippen LogP contribution is 2.54. The van der Waals surface area contributed by atoms with E-state index < -0.39 is 79.6 Å². The van der Waals surface area contributed by atoms with Gasteiger partial charge in [-0.25, -0.2) is 19.2 Å². The van der Waals surface area contributed by atoms with Gasteiger partial charge in [0.2, 0.25) is 45.5 Å². The van der Waals surface area contributed by atoms with Crippen molar-refractivity contribution in [3.8, 4) is 109 Å². The fourth-order valence-corrected chi connectivity index (χ4v) is 18.2. The zero-order valence-corrected chi connectivity index (χ0v) is 72.3. The van der Waals surface area contributed by atoms with Crippen LogP contribution in [-0.2, 0) is 136 Å². The van der Waals surface area contributed by atoms with Crippen LogP contribution in [0.25, 0.3) is 87.6 Å². The Labute approximate surface area is 764 Å². The number of hydrogen-bond donors (Lipinski definition) is 11. The normalized spacial score (nSPS) is 16.6. The van der Waals surface area contributed by atoms with E-state index in [1.807, 2.05) is 30.3 Å². The molecule has 0 radical (unpaired) electrons. The number of aliphatic hydroxyl groups is 8. The molecule has 135 heavy (non-hydrogen) atoms. The van der Waals surface area contributed by atoms with Gasteiger partial charge in [0, 0.05) is 105 Å². The van der Waals surface area contributed by atoms with Gasteiger partial charge in [-0.15, -0.1) is 0 Å². The molecule has 1 unspecified atom stereocenters. The Balaban J connectivity index is 0.000000123. The lowest BCUT2D eigenvalue weighted by atomic mass is 9.87. The van der Waals surface area contributed by atoms with Crippen LogP contribution in [0.2, 0.25) is 0 Å². The lowest BCUT2D eigenvalue weighted by Gasteiger charge is -2.40. The number of hydrogen-bond acceptors (Lipinski definition) is 35. The Kier molecular flexibility index (Phi) is 24.8. The molecule has 0 bridgehead atoms. The number of carbonyl (C=O) groups is 8. The van der Waals surface area contributed by atoms with E-state index in [-0.39, 0.29) is 117 Å². The number of ether oxygens (including phenoxy) is 17. The van der Waals surface area contributed by atoms with Crippen LogP contribution in [0, 0.1) is 12.5 Å². The summed E-state index contributed by atoms with van der Waals surface area (Å²) in [6.45, 7) is 2.64. The first-order valence-corrected chi connectivity index (χ1v) is 42.2. The molecule has 36 nitrogen and oxygen atoms in total. The molecule has 12 aromatic carbocycles. The molecule has 4 atom stereocenters. The molecule has 21 rings (SSSR count). The molecular weight excluding hydrogens is 1760 g/mol. The molecule has 9 heterocycles. The summed E-state index contributed by atoms with van der Waals surface area (Å²) in [5.74, 6) is 0.249. The summed E-state index contributed by atoms with van der Waals surface area (Å²) in [5.41, 5.74) is 20.7. The van der Waals surface area contributed by atoms with Crippen LogP contribution in [0.4, 0.5) is 17.1 Å². The number of cyclic esters (lactones) is 4. The van der Waals surface area contributed by atoms with Crippen LogP contribution in [0.5, 0.6) is 51.7 Å². The number of nitrogen functional groups attached to an aromatic ring is 1. The molecule has 1 amide bonds. The number of rotatable bonds is 19. The number of benzene rings is 12. The molecule has 9 aliphatic heterocycles. The van der Waals surface area contributed by atoms with Crippen LogP contribution in [0.3, 0.4) is 0 Å². The highest BCUT2D eigenvalue weighted by Gasteiger charge is 2.50. The summed E-state index contributed by atoms with van der Waals surface area (Å²) in [6, 6.07) is 37.7. The van der Waals surface area contributed by atoms with Gasteiger partial charge in [0.25, 0.3) is 0 Å². The molecule has 692 valence electrons. The smallest absolute Gasteiger partial charge is 0.339 e. The molecule has 1 fully saturated rings. The number of carbonyl (C=O) groups excluding carboxylic acids is 8. The molecule has 36 heteroatoms. The van der Waals surface area contributed by atoms with Crippen molar-refractivity contribution in [3.63, 3.8) is 0 Å². The van der Waals surface area contributed by atoms with Crippen molar-refractivity contribution in [2.24, 2.45) is 0 Å². The third-order valence-electron chi connectivity index (χ3n) is 24.2. The Bertz CT molecular complexity index is 7080. The van der Waals surface area contributed by atoms with Gasteiger partial charge >= 0.3 is 41.8 Å². The van der Waals surface area contributed by atoms with Crippen molar-refractivity contribution >= 4 is 108 Å². The lowest BCUT2D eigenvalue weighted by molar-refractivity contribution is -0.259. The predicted octanol–water partition coefficient (Wildman–Crippen LogP) is 10.6. The van der Waals surface area contributed by atoms with Crippen LogP contribution in [0.1, 0.15) is 136 Å². The molecule has 1 saturated heterocycles. The highest BCUT2D eigenvalue weighted by atomic mass is 16.7. The van der Waals surface area contributed by atoms with E-state index in [0.29, 0.717) is 218 Å². The molecule has 12 aromatic rings. The van der Waals surface area contributed by atoms with E-state index in [1.165, 1.54) is 13.8 Å². The minimum atomic E-state index is -1.42. The number of aliphatic hydroxyl groups excluding tert-OH is 8. The van der Waals surface area contributed by atoms with Gasteiger partial charge in [-0.2, -0.15) is 0 Å². The van der Waals surface area contributed by atoms with Crippen molar-refractivity contribution in [2.75, 3.05) is 50.1 Å². The Morgan fingerprint density at radius 1 is 0.363 bits per heavy atom. The van der Waals surface area contributed by atoms with E-state index in [1.54, 1.807) is 91.0 Å². The van der Waals surface area contributed by atoms with E-state index in [2.05, 4.69) is 16.7 Å². The van der Waals surface area contributed by atoms with E-state index in [0.717, 1.165) is 30.4 Å². The topological polar surface area (TPSA) is 505 Å². The van der Waals surface area contributed by atoms with Crippen molar-refractivity contribution in [1.82, 2.24) is 0 Å². The quantitative estimate of drug-likeness (QED) is 0.0118. The summed E-state index contributed by atoms with van der Waals surface area (Å²) in [6.07, 6.45) is 0.250. The van der Waals surface area contributed by atoms with Gasteiger partial charge in [0.15, 0.2) is 58.2 Å². The first-order valence-electron chi connectivity index (χ1n) is 42.2. The first kappa shape index (κ1) is 90.0. The van der Waals surface area contributed by atoms with Gasteiger partial charge in [0.05, 0.1) is 93.1 Å². The second kappa shape index (κ2) is 37.2. The predicted molar refractivity (Wildman–Crippen MR) is 474 cm³/mol. The summed E-state index contributed by atoms with van der Waals surface area (Å²) in [4.78, 5) is 99.5. The summed E-state index contributed by atoms with van der Waals surface area (Å²) >= 11 is 0. The zero-order valence-electron chi connectivity index (χ0n) is 72.3. The summed E-state index contributed by atoms with van der Waals surface area (Å²) in [5, 5.41) is 89.7. The number of amides is 1. The number of esters is 7. The van der Waals surface area contributed by atoms with Crippen LogP contribution in [0.15, 0.2) is 121 Å². The number of anilines is 3. The molecule has 0 aromatic heterocycles. The number of terminal acetylenes is 1.